The van der Waals surface area contributed by atoms with E-state index >= 15 is 0 Å². The van der Waals surface area contributed by atoms with E-state index in [0.29, 0.717) is 24.2 Å². The lowest BCUT2D eigenvalue weighted by atomic mass is 9.51. The van der Waals surface area contributed by atoms with Crippen LogP contribution >= 0.6 is 0 Å². The first-order valence-electron chi connectivity index (χ1n) is 10.3. The third kappa shape index (κ3) is 2.24. The SMILES string of the molecule is CC(C)=CC[C@@]12OC(C)(C)C3C[C@H](C=C4C(=O)C=C(c5ccccc5)O[C@]431)C2=O. The molecule has 0 radical (unpaired) electrons. The molecule has 5 aliphatic rings. The van der Waals surface area contributed by atoms with Gasteiger partial charge in [-0.1, -0.05) is 48.1 Å². The van der Waals surface area contributed by atoms with Gasteiger partial charge in [0.05, 0.1) is 5.60 Å². The molecule has 1 aromatic rings. The Morgan fingerprint density at radius 1 is 1.17 bits per heavy atom. The number of benzene rings is 1. The van der Waals surface area contributed by atoms with Gasteiger partial charge in [-0.15, -0.1) is 0 Å². The number of hydrogen-bond acceptors (Lipinski definition) is 4. The van der Waals surface area contributed by atoms with Gasteiger partial charge in [-0.25, -0.2) is 0 Å². The predicted octanol–water partition coefficient (Wildman–Crippen LogP) is 4.41. The Labute approximate surface area is 171 Å². The van der Waals surface area contributed by atoms with Gasteiger partial charge in [0.2, 0.25) is 0 Å². The summed E-state index contributed by atoms with van der Waals surface area (Å²) < 4.78 is 13.4. The van der Waals surface area contributed by atoms with Crippen LogP contribution in [0.5, 0.6) is 0 Å². The molecule has 0 amide bonds. The van der Waals surface area contributed by atoms with Gasteiger partial charge in [0.15, 0.2) is 22.8 Å². The van der Waals surface area contributed by atoms with E-state index in [1.165, 1.54) is 0 Å². The van der Waals surface area contributed by atoms with Crippen LogP contribution in [0.1, 0.15) is 46.1 Å². The molecule has 3 aliphatic carbocycles. The second kappa shape index (κ2) is 5.79. The standard InChI is InChI=1S/C25H26O4/c1-15(2)10-11-24-22(27)17-12-18-19(26)14-20(16-8-6-5-7-9-16)28-25(18,24)21(13-17)23(3,4)29-24/h5-10,12,14,17,21H,11,13H2,1-4H3/t17-,21?,24-,25+/m0/s1. The molecule has 2 heterocycles. The average molecular weight is 390 g/mol. The van der Waals surface area contributed by atoms with Crippen molar-refractivity contribution < 1.29 is 19.1 Å². The number of allylic oxidation sites excluding steroid dienone is 3. The fourth-order valence-corrected chi connectivity index (χ4v) is 5.84. The maximum atomic E-state index is 13.7. The third-order valence-corrected chi connectivity index (χ3v) is 7.01. The van der Waals surface area contributed by atoms with Gasteiger partial charge in [0.1, 0.15) is 5.76 Å². The molecular weight excluding hydrogens is 364 g/mol. The Balaban J connectivity index is 1.75. The molecule has 2 fully saturated rings. The van der Waals surface area contributed by atoms with Gasteiger partial charge >= 0.3 is 0 Å². The van der Waals surface area contributed by atoms with Crippen molar-refractivity contribution in [2.45, 2.75) is 57.3 Å². The molecule has 4 bridgehead atoms. The normalized spacial score (nSPS) is 36.1. The highest BCUT2D eigenvalue weighted by molar-refractivity contribution is 6.14. The van der Waals surface area contributed by atoms with Crippen LogP contribution in [0.4, 0.5) is 0 Å². The monoisotopic (exact) mass is 390 g/mol. The zero-order valence-corrected chi connectivity index (χ0v) is 17.3. The number of hydrogen-bond donors (Lipinski definition) is 0. The van der Waals surface area contributed by atoms with E-state index in [9.17, 15) is 9.59 Å². The van der Waals surface area contributed by atoms with Crippen molar-refractivity contribution in [3.8, 4) is 0 Å². The Morgan fingerprint density at radius 3 is 2.59 bits per heavy atom. The maximum absolute atomic E-state index is 13.7. The van der Waals surface area contributed by atoms with Crippen LogP contribution in [0.15, 0.2) is 59.7 Å². The first-order chi connectivity index (χ1) is 13.7. The van der Waals surface area contributed by atoms with Crippen LogP contribution in [-0.4, -0.2) is 28.4 Å². The number of carbonyl (C=O) groups excluding carboxylic acids is 2. The molecule has 6 rings (SSSR count). The molecule has 150 valence electrons. The number of carbonyl (C=O) groups is 2. The Kier molecular flexibility index (Phi) is 3.71. The quantitative estimate of drug-likeness (QED) is 0.717. The smallest absolute Gasteiger partial charge is 0.189 e. The lowest BCUT2D eigenvalue weighted by molar-refractivity contribution is -0.176. The fourth-order valence-electron chi connectivity index (χ4n) is 5.84. The molecule has 0 aromatic heterocycles. The number of ether oxygens (including phenoxy) is 2. The van der Waals surface area contributed by atoms with E-state index in [2.05, 4.69) is 0 Å². The van der Waals surface area contributed by atoms with Crippen LogP contribution in [0.3, 0.4) is 0 Å². The molecule has 4 nitrogen and oxygen atoms in total. The number of rotatable bonds is 3. The minimum absolute atomic E-state index is 0.0442. The van der Waals surface area contributed by atoms with E-state index in [-0.39, 0.29) is 23.4 Å². The van der Waals surface area contributed by atoms with Gasteiger partial charge in [-0.2, -0.15) is 0 Å². The molecule has 2 aliphatic heterocycles. The van der Waals surface area contributed by atoms with Gasteiger partial charge in [0, 0.05) is 35.5 Å². The Hall–Kier alpha value is -2.46. The summed E-state index contributed by atoms with van der Waals surface area (Å²) in [7, 11) is 0. The Morgan fingerprint density at radius 2 is 1.90 bits per heavy atom. The van der Waals surface area contributed by atoms with Crippen LogP contribution in [0, 0.1) is 11.8 Å². The minimum atomic E-state index is -1.17. The van der Waals surface area contributed by atoms with Gasteiger partial charge in [-0.3, -0.25) is 9.59 Å². The number of ketones is 2. The molecule has 1 spiro atoms. The molecule has 1 saturated carbocycles. The lowest BCUT2D eigenvalue weighted by Crippen LogP contribution is -2.70. The van der Waals surface area contributed by atoms with E-state index in [1.54, 1.807) is 6.08 Å². The van der Waals surface area contributed by atoms with E-state index in [1.807, 2.05) is 70.2 Å². The van der Waals surface area contributed by atoms with Crippen molar-refractivity contribution in [3.05, 3.63) is 65.3 Å². The van der Waals surface area contributed by atoms with Crippen molar-refractivity contribution in [2.75, 3.05) is 0 Å². The van der Waals surface area contributed by atoms with Gasteiger partial charge in [-0.05, 0) is 34.1 Å². The lowest BCUT2D eigenvalue weighted by Gasteiger charge is -2.55. The van der Waals surface area contributed by atoms with E-state index < -0.39 is 16.8 Å². The van der Waals surface area contributed by atoms with Crippen LogP contribution in [0.25, 0.3) is 5.76 Å². The van der Waals surface area contributed by atoms with E-state index in [0.717, 1.165) is 11.1 Å². The zero-order valence-electron chi connectivity index (χ0n) is 17.3. The van der Waals surface area contributed by atoms with Gasteiger partial charge < -0.3 is 9.47 Å². The summed E-state index contributed by atoms with van der Waals surface area (Å²) in [6.45, 7) is 8.07. The summed E-state index contributed by atoms with van der Waals surface area (Å²) >= 11 is 0. The summed E-state index contributed by atoms with van der Waals surface area (Å²) in [6, 6.07) is 9.63. The first-order valence-corrected chi connectivity index (χ1v) is 10.3. The van der Waals surface area contributed by atoms with Crippen molar-refractivity contribution in [2.24, 2.45) is 11.8 Å². The maximum Gasteiger partial charge on any atom is 0.189 e. The highest BCUT2D eigenvalue weighted by atomic mass is 16.6. The summed E-state index contributed by atoms with van der Waals surface area (Å²) in [5, 5.41) is 0. The van der Waals surface area contributed by atoms with E-state index in [4.69, 9.17) is 9.47 Å². The number of Topliss-reactive ketones (excluding diaryl/α,β-unsaturated/α-hetero) is 1. The van der Waals surface area contributed by atoms with Crippen LogP contribution < -0.4 is 0 Å². The largest absolute Gasteiger partial charge is 0.478 e. The predicted molar refractivity (Wildman–Crippen MR) is 110 cm³/mol. The summed E-state index contributed by atoms with van der Waals surface area (Å²) in [5.41, 5.74) is -0.268. The van der Waals surface area contributed by atoms with Crippen molar-refractivity contribution in [1.29, 1.82) is 0 Å². The molecule has 1 saturated heterocycles. The highest BCUT2D eigenvalue weighted by Gasteiger charge is 2.80. The molecule has 1 aromatic carbocycles. The Bertz CT molecular complexity index is 1010. The second-order valence-corrected chi connectivity index (χ2v) is 9.43. The van der Waals surface area contributed by atoms with Crippen LogP contribution in [0.2, 0.25) is 0 Å². The topological polar surface area (TPSA) is 52.6 Å². The van der Waals surface area contributed by atoms with Gasteiger partial charge in [0.25, 0.3) is 0 Å². The molecule has 0 N–H and O–H groups in total. The minimum Gasteiger partial charge on any atom is -0.478 e. The molecule has 4 heteroatoms. The molecule has 4 atom stereocenters. The molecule has 29 heavy (non-hydrogen) atoms. The van der Waals surface area contributed by atoms with Crippen LogP contribution in [-0.2, 0) is 19.1 Å². The van der Waals surface area contributed by atoms with Crippen molar-refractivity contribution in [3.63, 3.8) is 0 Å². The summed E-state index contributed by atoms with van der Waals surface area (Å²) in [5.74, 6) is 0.139. The second-order valence-electron chi connectivity index (χ2n) is 9.43. The summed E-state index contributed by atoms with van der Waals surface area (Å²) in [4.78, 5) is 27.0. The van der Waals surface area contributed by atoms with Crippen molar-refractivity contribution in [1.82, 2.24) is 0 Å². The summed E-state index contributed by atoms with van der Waals surface area (Å²) in [6.07, 6.45) is 6.53. The highest BCUT2D eigenvalue weighted by Crippen LogP contribution is 2.67. The first kappa shape index (κ1) is 18.6. The average Bonchev–Trinajstić information content (AvgIpc) is 2.84. The molecule has 1 unspecified atom stereocenters. The fraction of sp³-hybridized carbons (Fsp3) is 0.440. The molecular formula is C25H26O4. The zero-order chi connectivity index (χ0) is 20.6. The van der Waals surface area contributed by atoms with Crippen molar-refractivity contribution >= 4 is 17.3 Å². The third-order valence-electron chi connectivity index (χ3n) is 7.01.